The molecule has 0 spiro atoms. The Kier molecular flexibility index (Phi) is 6.25. The van der Waals surface area contributed by atoms with Crippen LogP contribution in [0.5, 0.6) is 11.5 Å². The molecule has 3 aliphatic rings. The minimum absolute atomic E-state index is 0. The molecular formula is C19H28BrNO4. The van der Waals surface area contributed by atoms with E-state index in [-0.39, 0.29) is 35.3 Å². The van der Waals surface area contributed by atoms with Crippen molar-refractivity contribution >= 4 is 0 Å². The Bertz CT molecular complexity index is 564. The molecule has 5 nitrogen and oxygen atoms in total. The van der Waals surface area contributed by atoms with Gasteiger partial charge in [-0.3, -0.25) is 0 Å². The monoisotopic (exact) mass is 413 g/mol. The normalized spacial score (nSPS) is 30.0. The molecule has 3 atom stereocenters. The van der Waals surface area contributed by atoms with Gasteiger partial charge in [-0.15, -0.1) is 0 Å². The quantitative estimate of drug-likeness (QED) is 0.608. The molecule has 1 saturated carbocycles. The Morgan fingerprint density at radius 1 is 1.08 bits per heavy atom. The van der Waals surface area contributed by atoms with Crippen LogP contribution in [-0.2, 0) is 9.47 Å². The van der Waals surface area contributed by atoms with Crippen LogP contribution in [-0.4, -0.2) is 69.3 Å². The zero-order valence-electron chi connectivity index (χ0n) is 14.9. The van der Waals surface area contributed by atoms with Gasteiger partial charge in [-0.1, -0.05) is 12.1 Å². The lowest BCUT2D eigenvalue weighted by molar-refractivity contribution is -0.917. The number of likely N-dealkylation sites (N-methyl/N-ethyl adjacent to an activating group) is 1. The summed E-state index contributed by atoms with van der Waals surface area (Å²) in [5.41, 5.74) is 0. The van der Waals surface area contributed by atoms with Gasteiger partial charge >= 0.3 is 0 Å². The van der Waals surface area contributed by atoms with Gasteiger partial charge in [-0.25, -0.2) is 0 Å². The summed E-state index contributed by atoms with van der Waals surface area (Å²) in [6.45, 7) is 5.68. The van der Waals surface area contributed by atoms with E-state index in [2.05, 4.69) is 7.05 Å². The first-order valence-electron chi connectivity index (χ1n) is 9.19. The lowest BCUT2D eigenvalue weighted by Crippen LogP contribution is -3.00. The van der Waals surface area contributed by atoms with E-state index in [1.54, 1.807) is 0 Å². The maximum atomic E-state index is 6.27. The SMILES string of the molecule is C[N+]1(CCOC2CCCC3Oc4ccccc4OC23)CCOCC1.[Br-]. The number of ether oxygens (including phenoxy) is 4. The summed E-state index contributed by atoms with van der Waals surface area (Å²) in [5.74, 6) is 1.72. The standard InChI is InChI=1S/C19H28NO4.BrH/c1-20(9-12-21-13-10-20)11-14-22-17-7-4-8-18-19(17)24-16-6-3-2-5-15(16)23-18;/h2-3,5-6,17-19H,4,7-14H2,1H3;1H/q+1;/p-1. The van der Waals surface area contributed by atoms with E-state index >= 15 is 0 Å². The van der Waals surface area contributed by atoms with Crippen molar-refractivity contribution in [3.63, 3.8) is 0 Å². The molecule has 1 saturated heterocycles. The molecule has 1 aromatic rings. The zero-order valence-corrected chi connectivity index (χ0v) is 16.4. The van der Waals surface area contributed by atoms with Gasteiger partial charge in [0.2, 0.25) is 0 Å². The second kappa shape index (κ2) is 8.25. The summed E-state index contributed by atoms with van der Waals surface area (Å²) >= 11 is 0. The smallest absolute Gasteiger partial charge is 0.161 e. The summed E-state index contributed by atoms with van der Waals surface area (Å²) < 4.78 is 25.2. The fourth-order valence-corrected chi connectivity index (χ4v) is 3.93. The van der Waals surface area contributed by atoms with E-state index < -0.39 is 0 Å². The first-order valence-corrected chi connectivity index (χ1v) is 9.19. The summed E-state index contributed by atoms with van der Waals surface area (Å²) in [5, 5.41) is 0. The second-order valence-corrected chi connectivity index (χ2v) is 7.43. The lowest BCUT2D eigenvalue weighted by Gasteiger charge is -2.42. The van der Waals surface area contributed by atoms with Crippen LogP contribution in [0.25, 0.3) is 0 Å². The molecular weight excluding hydrogens is 386 g/mol. The minimum Gasteiger partial charge on any atom is -1.00 e. The second-order valence-electron chi connectivity index (χ2n) is 7.43. The third-order valence-corrected chi connectivity index (χ3v) is 5.61. The predicted molar refractivity (Wildman–Crippen MR) is 90.5 cm³/mol. The van der Waals surface area contributed by atoms with Gasteiger partial charge in [0.15, 0.2) is 17.6 Å². The Labute approximate surface area is 160 Å². The Morgan fingerprint density at radius 3 is 2.56 bits per heavy atom. The molecule has 0 amide bonds. The molecule has 140 valence electrons. The molecule has 0 bridgehead atoms. The molecule has 2 heterocycles. The average molecular weight is 414 g/mol. The third-order valence-electron chi connectivity index (χ3n) is 5.61. The van der Waals surface area contributed by atoms with Crippen LogP contribution in [0.15, 0.2) is 24.3 Å². The number of halogens is 1. The summed E-state index contributed by atoms with van der Waals surface area (Å²) in [6.07, 6.45) is 3.50. The average Bonchev–Trinajstić information content (AvgIpc) is 2.61. The highest BCUT2D eigenvalue weighted by atomic mass is 79.9. The van der Waals surface area contributed by atoms with Crippen LogP contribution < -0.4 is 26.5 Å². The summed E-state index contributed by atoms with van der Waals surface area (Å²) in [4.78, 5) is 0. The number of rotatable bonds is 4. The van der Waals surface area contributed by atoms with Crippen molar-refractivity contribution < 1.29 is 40.4 Å². The zero-order chi connectivity index (χ0) is 16.4. The minimum atomic E-state index is 0. The van der Waals surface area contributed by atoms with Crippen LogP contribution in [0.1, 0.15) is 19.3 Å². The number of fused-ring (bicyclic) bond motifs is 2. The molecule has 2 aliphatic heterocycles. The Hall–Kier alpha value is -0.820. The van der Waals surface area contributed by atoms with Crippen molar-refractivity contribution in [2.75, 3.05) is 46.5 Å². The van der Waals surface area contributed by atoms with Gasteiger partial charge in [-0.05, 0) is 31.4 Å². The van der Waals surface area contributed by atoms with E-state index in [1.807, 2.05) is 24.3 Å². The lowest BCUT2D eigenvalue weighted by atomic mass is 9.91. The van der Waals surface area contributed by atoms with Gasteiger partial charge in [-0.2, -0.15) is 0 Å². The molecule has 2 fully saturated rings. The number of para-hydroxylation sites is 2. The van der Waals surface area contributed by atoms with Crippen molar-refractivity contribution in [3.05, 3.63) is 24.3 Å². The first-order chi connectivity index (χ1) is 11.7. The first kappa shape index (κ1) is 19.0. The van der Waals surface area contributed by atoms with Crippen LogP contribution in [0.4, 0.5) is 0 Å². The van der Waals surface area contributed by atoms with Crippen LogP contribution in [0.3, 0.4) is 0 Å². The van der Waals surface area contributed by atoms with E-state index in [4.69, 9.17) is 18.9 Å². The predicted octanol–water partition coefficient (Wildman–Crippen LogP) is -0.755. The number of benzene rings is 1. The number of hydrogen-bond donors (Lipinski definition) is 0. The highest BCUT2D eigenvalue weighted by Crippen LogP contribution is 2.39. The van der Waals surface area contributed by atoms with Crippen molar-refractivity contribution in [1.82, 2.24) is 0 Å². The third kappa shape index (κ3) is 4.30. The molecule has 0 radical (unpaired) electrons. The fourth-order valence-electron chi connectivity index (χ4n) is 3.93. The molecule has 25 heavy (non-hydrogen) atoms. The van der Waals surface area contributed by atoms with Crippen molar-refractivity contribution in [3.8, 4) is 11.5 Å². The molecule has 6 heteroatoms. The summed E-state index contributed by atoms with van der Waals surface area (Å²) in [6, 6.07) is 7.95. The highest BCUT2D eigenvalue weighted by molar-refractivity contribution is 5.41. The molecule has 1 aliphatic carbocycles. The van der Waals surface area contributed by atoms with E-state index in [0.29, 0.717) is 0 Å². The van der Waals surface area contributed by atoms with Gasteiger partial charge in [0.25, 0.3) is 0 Å². The van der Waals surface area contributed by atoms with Crippen molar-refractivity contribution in [2.24, 2.45) is 0 Å². The molecule has 1 aromatic carbocycles. The maximum Gasteiger partial charge on any atom is 0.161 e. The van der Waals surface area contributed by atoms with Gasteiger partial charge in [0.05, 0.1) is 33.0 Å². The Balaban J connectivity index is 0.00000182. The number of hydrogen-bond acceptors (Lipinski definition) is 4. The van der Waals surface area contributed by atoms with Crippen molar-refractivity contribution in [1.29, 1.82) is 0 Å². The molecule has 3 unspecified atom stereocenters. The number of morpholine rings is 1. The fraction of sp³-hybridized carbons (Fsp3) is 0.684. The van der Waals surface area contributed by atoms with Gasteiger partial charge in [0, 0.05) is 0 Å². The largest absolute Gasteiger partial charge is 1.00 e. The topological polar surface area (TPSA) is 36.9 Å². The Morgan fingerprint density at radius 2 is 1.80 bits per heavy atom. The maximum absolute atomic E-state index is 6.27. The van der Waals surface area contributed by atoms with Crippen LogP contribution in [0, 0.1) is 0 Å². The molecule has 4 rings (SSSR count). The van der Waals surface area contributed by atoms with Gasteiger partial charge < -0.3 is 40.4 Å². The van der Waals surface area contributed by atoms with Crippen LogP contribution in [0.2, 0.25) is 0 Å². The number of nitrogens with zero attached hydrogens (tertiary/aromatic N) is 1. The highest BCUT2D eigenvalue weighted by Gasteiger charge is 2.41. The molecule has 0 aromatic heterocycles. The number of quaternary nitrogens is 1. The van der Waals surface area contributed by atoms with E-state index in [9.17, 15) is 0 Å². The molecule has 0 N–H and O–H groups in total. The van der Waals surface area contributed by atoms with E-state index in [0.717, 1.165) is 74.7 Å². The van der Waals surface area contributed by atoms with Crippen molar-refractivity contribution in [2.45, 2.75) is 37.6 Å². The van der Waals surface area contributed by atoms with Gasteiger partial charge in [0.1, 0.15) is 25.7 Å². The van der Waals surface area contributed by atoms with Crippen LogP contribution >= 0.6 is 0 Å². The van der Waals surface area contributed by atoms with E-state index in [1.165, 1.54) is 0 Å². The summed E-state index contributed by atoms with van der Waals surface area (Å²) in [7, 11) is 2.30.